The van der Waals surface area contributed by atoms with Crippen molar-refractivity contribution < 1.29 is 18.9 Å². The van der Waals surface area contributed by atoms with E-state index in [4.69, 9.17) is 30.5 Å². The molecule has 0 amide bonds. The molecule has 1 fully saturated rings. The van der Waals surface area contributed by atoms with Crippen LogP contribution >= 0.6 is 11.6 Å². The summed E-state index contributed by atoms with van der Waals surface area (Å²) in [7, 11) is 1.60. The van der Waals surface area contributed by atoms with Gasteiger partial charge in [-0.2, -0.15) is 0 Å². The lowest BCUT2D eigenvalue weighted by atomic mass is 10.2. The molecule has 1 aromatic carbocycles. The summed E-state index contributed by atoms with van der Waals surface area (Å²) in [4.78, 5) is 4.29. The molecule has 1 unspecified atom stereocenters. The van der Waals surface area contributed by atoms with Gasteiger partial charge in [0.15, 0.2) is 17.8 Å². The Balaban J connectivity index is 1.63. The Labute approximate surface area is 140 Å². The molecule has 0 bridgehead atoms. The second-order valence-corrected chi connectivity index (χ2v) is 5.74. The molecule has 2 heterocycles. The summed E-state index contributed by atoms with van der Waals surface area (Å²) in [5, 5.41) is 1.47. The number of pyridine rings is 1. The number of halogens is 1. The maximum atomic E-state index is 6.21. The topological polar surface area (TPSA) is 49.8 Å². The van der Waals surface area contributed by atoms with Crippen molar-refractivity contribution in [3.05, 3.63) is 29.4 Å². The van der Waals surface area contributed by atoms with E-state index in [9.17, 15) is 0 Å². The summed E-state index contributed by atoms with van der Waals surface area (Å²) in [6.45, 7) is 1.65. The van der Waals surface area contributed by atoms with Crippen LogP contribution in [0.25, 0.3) is 10.9 Å². The molecule has 0 radical (unpaired) electrons. The number of benzene rings is 1. The fourth-order valence-corrected chi connectivity index (χ4v) is 2.77. The normalized spacial score (nSPS) is 18.1. The summed E-state index contributed by atoms with van der Waals surface area (Å²) in [5.74, 6) is 1.25. The largest absolute Gasteiger partial charge is 0.493 e. The molecule has 2 aromatic rings. The zero-order valence-corrected chi connectivity index (χ0v) is 13.8. The summed E-state index contributed by atoms with van der Waals surface area (Å²) >= 11 is 6.21. The lowest BCUT2D eigenvalue weighted by molar-refractivity contribution is -0.165. The van der Waals surface area contributed by atoms with Gasteiger partial charge in [0.2, 0.25) is 0 Å². The second kappa shape index (κ2) is 7.81. The number of fused-ring (bicyclic) bond motifs is 1. The predicted octanol–water partition coefficient (Wildman–Crippen LogP) is 3.82. The molecule has 3 rings (SSSR count). The van der Waals surface area contributed by atoms with Crippen LogP contribution in [-0.4, -0.2) is 38.2 Å². The fraction of sp³-hybridized carbons (Fsp3) is 0.471. The molecule has 0 N–H and O–H groups in total. The third-order valence-corrected chi connectivity index (χ3v) is 4.09. The lowest BCUT2D eigenvalue weighted by Gasteiger charge is -2.22. The van der Waals surface area contributed by atoms with E-state index >= 15 is 0 Å². The smallest absolute Gasteiger partial charge is 0.162 e. The van der Waals surface area contributed by atoms with E-state index in [-0.39, 0.29) is 6.29 Å². The van der Waals surface area contributed by atoms with Crippen LogP contribution in [-0.2, 0) is 9.47 Å². The van der Waals surface area contributed by atoms with Crippen LogP contribution in [0.3, 0.4) is 0 Å². The molecular weight excluding hydrogens is 318 g/mol. The van der Waals surface area contributed by atoms with E-state index in [0.717, 1.165) is 36.8 Å². The van der Waals surface area contributed by atoms with Gasteiger partial charge in [-0.3, -0.25) is 4.98 Å². The molecule has 1 aromatic heterocycles. The van der Waals surface area contributed by atoms with Crippen molar-refractivity contribution in [1.29, 1.82) is 0 Å². The van der Waals surface area contributed by atoms with Crippen LogP contribution in [0.5, 0.6) is 11.5 Å². The first-order chi connectivity index (χ1) is 11.3. The van der Waals surface area contributed by atoms with E-state index in [1.807, 2.05) is 12.1 Å². The van der Waals surface area contributed by atoms with E-state index in [0.29, 0.717) is 29.7 Å². The lowest BCUT2D eigenvalue weighted by Crippen LogP contribution is -2.24. The molecular formula is C17H20ClNO4. The average molecular weight is 338 g/mol. The van der Waals surface area contributed by atoms with Gasteiger partial charge in [0.25, 0.3) is 0 Å². The summed E-state index contributed by atoms with van der Waals surface area (Å²) in [5.41, 5.74) is 0.772. The highest BCUT2D eigenvalue weighted by atomic mass is 35.5. The van der Waals surface area contributed by atoms with Gasteiger partial charge >= 0.3 is 0 Å². The molecule has 5 nitrogen and oxygen atoms in total. The molecule has 0 spiro atoms. The third-order valence-electron chi connectivity index (χ3n) is 3.76. The second-order valence-electron chi connectivity index (χ2n) is 5.33. The Bertz CT molecular complexity index is 658. The zero-order valence-electron chi connectivity index (χ0n) is 13.1. The number of ether oxygens (including phenoxy) is 4. The van der Waals surface area contributed by atoms with Crippen LogP contribution in [0.4, 0.5) is 0 Å². The highest BCUT2D eigenvalue weighted by Crippen LogP contribution is 2.34. The zero-order chi connectivity index (χ0) is 16.1. The minimum atomic E-state index is -0.107. The van der Waals surface area contributed by atoms with Crippen LogP contribution < -0.4 is 9.47 Å². The highest BCUT2D eigenvalue weighted by Gasteiger charge is 2.14. The highest BCUT2D eigenvalue weighted by molar-refractivity contribution is 6.35. The van der Waals surface area contributed by atoms with Gasteiger partial charge in [-0.15, -0.1) is 0 Å². The molecule has 1 saturated heterocycles. The van der Waals surface area contributed by atoms with Crippen molar-refractivity contribution >= 4 is 22.5 Å². The number of nitrogens with zero attached hydrogens (tertiary/aromatic N) is 1. The molecule has 0 aliphatic carbocycles. The number of hydrogen-bond acceptors (Lipinski definition) is 5. The summed E-state index contributed by atoms with van der Waals surface area (Å²) < 4.78 is 22.3. The van der Waals surface area contributed by atoms with Gasteiger partial charge in [0.05, 0.1) is 24.3 Å². The molecule has 1 aliphatic heterocycles. The van der Waals surface area contributed by atoms with Crippen molar-refractivity contribution in [3.8, 4) is 11.5 Å². The quantitative estimate of drug-likeness (QED) is 0.750. The van der Waals surface area contributed by atoms with Crippen molar-refractivity contribution in [1.82, 2.24) is 4.98 Å². The minimum Gasteiger partial charge on any atom is -0.493 e. The Hall–Kier alpha value is -1.56. The summed E-state index contributed by atoms with van der Waals surface area (Å²) in [6.07, 6.45) is 4.77. The summed E-state index contributed by atoms with van der Waals surface area (Å²) in [6, 6.07) is 5.42. The molecule has 1 aliphatic rings. The van der Waals surface area contributed by atoms with E-state index < -0.39 is 0 Å². The first kappa shape index (κ1) is 16.3. The number of hydrogen-bond donors (Lipinski definition) is 0. The SMILES string of the molecule is COc1cc2nccc(Cl)c2cc1OCCOC1CCCCO1. The Morgan fingerprint density at radius 3 is 2.96 bits per heavy atom. The van der Waals surface area contributed by atoms with Gasteiger partial charge in [-0.05, 0) is 31.4 Å². The van der Waals surface area contributed by atoms with Gasteiger partial charge in [0.1, 0.15) is 6.61 Å². The molecule has 6 heteroatoms. The van der Waals surface area contributed by atoms with E-state index in [1.54, 1.807) is 19.4 Å². The van der Waals surface area contributed by atoms with Gasteiger partial charge in [0, 0.05) is 24.3 Å². The number of rotatable bonds is 6. The number of methoxy groups -OCH3 is 1. The monoisotopic (exact) mass is 337 g/mol. The first-order valence-corrected chi connectivity index (χ1v) is 8.14. The van der Waals surface area contributed by atoms with Crippen molar-refractivity contribution in [3.63, 3.8) is 0 Å². The maximum absolute atomic E-state index is 6.21. The minimum absolute atomic E-state index is 0.107. The predicted molar refractivity (Wildman–Crippen MR) is 88.3 cm³/mol. The number of aromatic nitrogens is 1. The van der Waals surface area contributed by atoms with Crippen LogP contribution in [0.2, 0.25) is 5.02 Å². The van der Waals surface area contributed by atoms with Gasteiger partial charge < -0.3 is 18.9 Å². The van der Waals surface area contributed by atoms with Crippen LogP contribution in [0, 0.1) is 0 Å². The molecule has 23 heavy (non-hydrogen) atoms. The van der Waals surface area contributed by atoms with Crippen molar-refractivity contribution in [2.45, 2.75) is 25.6 Å². The van der Waals surface area contributed by atoms with E-state index in [1.165, 1.54) is 0 Å². The van der Waals surface area contributed by atoms with E-state index in [2.05, 4.69) is 4.98 Å². The molecule has 124 valence electrons. The fourth-order valence-electron chi connectivity index (χ4n) is 2.57. The third kappa shape index (κ3) is 4.05. The van der Waals surface area contributed by atoms with Crippen molar-refractivity contribution in [2.24, 2.45) is 0 Å². The Kier molecular flexibility index (Phi) is 5.54. The Morgan fingerprint density at radius 1 is 1.26 bits per heavy atom. The standard InChI is InChI=1S/C17H20ClNO4/c1-20-15-11-14-12(13(18)5-6-19-14)10-16(15)21-8-9-23-17-4-2-3-7-22-17/h5-6,10-11,17H,2-4,7-9H2,1H3. The van der Waals surface area contributed by atoms with Crippen LogP contribution in [0.15, 0.2) is 24.4 Å². The van der Waals surface area contributed by atoms with Crippen molar-refractivity contribution in [2.75, 3.05) is 26.9 Å². The van der Waals surface area contributed by atoms with Gasteiger partial charge in [-0.25, -0.2) is 0 Å². The van der Waals surface area contributed by atoms with Gasteiger partial charge in [-0.1, -0.05) is 11.6 Å². The molecule has 1 atom stereocenters. The molecule has 0 saturated carbocycles. The Morgan fingerprint density at radius 2 is 2.17 bits per heavy atom. The average Bonchev–Trinajstić information content (AvgIpc) is 2.59. The first-order valence-electron chi connectivity index (χ1n) is 7.76. The van der Waals surface area contributed by atoms with Crippen LogP contribution in [0.1, 0.15) is 19.3 Å². The maximum Gasteiger partial charge on any atom is 0.162 e.